The Morgan fingerprint density at radius 1 is 1.27 bits per heavy atom. The molecule has 1 unspecified atom stereocenters. The lowest BCUT2D eigenvalue weighted by Crippen LogP contribution is -2.45. The van der Waals surface area contributed by atoms with Gasteiger partial charge in [0.2, 0.25) is 10.0 Å². The van der Waals surface area contributed by atoms with E-state index in [4.69, 9.17) is 0 Å². The number of hydrogen-bond donors (Lipinski definition) is 2. The maximum absolute atomic E-state index is 12.7. The van der Waals surface area contributed by atoms with Crippen LogP contribution in [0.2, 0.25) is 0 Å². The van der Waals surface area contributed by atoms with Crippen molar-refractivity contribution in [3.8, 4) is 0 Å². The zero-order chi connectivity index (χ0) is 18.6. The van der Waals surface area contributed by atoms with Crippen LogP contribution in [0.4, 0.5) is 0 Å². The van der Waals surface area contributed by atoms with Crippen LogP contribution in [0.25, 0.3) is 10.9 Å². The maximum Gasteiger partial charge on any atom is 0.212 e. The maximum atomic E-state index is 12.7. The summed E-state index contributed by atoms with van der Waals surface area (Å²) in [5.74, 6) is 0.396. The molecule has 6 heteroatoms. The molecule has 1 heterocycles. The second-order valence-corrected chi connectivity index (χ2v) is 10.2. The van der Waals surface area contributed by atoms with Gasteiger partial charge < -0.3 is 4.98 Å². The Labute approximate surface area is 154 Å². The van der Waals surface area contributed by atoms with Crippen molar-refractivity contribution in [2.45, 2.75) is 39.5 Å². The lowest BCUT2D eigenvalue weighted by atomic mass is 9.70. The third kappa shape index (κ3) is 2.62. The average molecular weight is 375 g/mol. The summed E-state index contributed by atoms with van der Waals surface area (Å²) < 4.78 is 28.2. The first-order valence-electron chi connectivity index (χ1n) is 9.31. The minimum atomic E-state index is -3.50. The smallest absolute Gasteiger partial charge is 0.212 e. The highest BCUT2D eigenvalue weighted by molar-refractivity contribution is 7.89. The molecule has 2 N–H and O–H groups in total. The van der Waals surface area contributed by atoms with Gasteiger partial charge in [-0.05, 0) is 42.2 Å². The molecule has 2 atom stereocenters. The summed E-state index contributed by atoms with van der Waals surface area (Å²) in [5, 5.41) is 1.12. The molecule has 140 valence electrons. The predicted molar refractivity (Wildman–Crippen MR) is 102 cm³/mol. The SMILES string of the molecule is CC1(C)[C@H]2CCC1(CS(=O)(=O)NCCc1c[nH]c3ccccc13)C(=O)C2. The third-order valence-electron chi connectivity index (χ3n) is 6.97. The number of hydrogen-bond acceptors (Lipinski definition) is 3. The number of sulfonamides is 1. The van der Waals surface area contributed by atoms with Gasteiger partial charge in [-0.15, -0.1) is 0 Å². The van der Waals surface area contributed by atoms with Crippen LogP contribution in [0.3, 0.4) is 0 Å². The molecule has 0 saturated heterocycles. The molecule has 2 aromatic rings. The molecule has 4 rings (SSSR count). The minimum absolute atomic E-state index is 0.0732. The highest BCUT2D eigenvalue weighted by Crippen LogP contribution is 2.64. The van der Waals surface area contributed by atoms with Gasteiger partial charge >= 0.3 is 0 Å². The number of carbonyl (C=O) groups excluding carboxylic acids is 1. The molecule has 2 bridgehead atoms. The van der Waals surface area contributed by atoms with Crippen LogP contribution in [0.15, 0.2) is 30.5 Å². The monoisotopic (exact) mass is 374 g/mol. The normalized spacial score (nSPS) is 27.5. The van der Waals surface area contributed by atoms with Gasteiger partial charge in [0.05, 0.1) is 5.75 Å². The summed E-state index contributed by atoms with van der Waals surface area (Å²) in [6.07, 6.45) is 4.76. The lowest BCUT2D eigenvalue weighted by molar-refractivity contribution is -0.128. The van der Waals surface area contributed by atoms with Gasteiger partial charge in [0.25, 0.3) is 0 Å². The van der Waals surface area contributed by atoms with E-state index in [9.17, 15) is 13.2 Å². The van der Waals surface area contributed by atoms with Crippen molar-refractivity contribution in [1.29, 1.82) is 0 Å². The van der Waals surface area contributed by atoms with Crippen molar-refractivity contribution in [1.82, 2.24) is 9.71 Å². The van der Waals surface area contributed by atoms with E-state index in [1.54, 1.807) is 0 Å². The first-order chi connectivity index (χ1) is 12.3. The van der Waals surface area contributed by atoms with E-state index in [0.717, 1.165) is 22.9 Å². The van der Waals surface area contributed by atoms with E-state index in [1.807, 2.05) is 30.5 Å². The molecule has 26 heavy (non-hydrogen) atoms. The molecule has 0 aliphatic heterocycles. The fraction of sp³-hybridized carbons (Fsp3) is 0.550. The summed E-state index contributed by atoms with van der Waals surface area (Å²) in [4.78, 5) is 15.8. The number of fused-ring (bicyclic) bond motifs is 3. The Balaban J connectivity index is 1.44. The minimum Gasteiger partial charge on any atom is -0.361 e. The van der Waals surface area contributed by atoms with E-state index in [2.05, 4.69) is 23.6 Å². The lowest BCUT2D eigenvalue weighted by Gasteiger charge is -2.36. The quantitative estimate of drug-likeness (QED) is 0.816. The average Bonchev–Trinajstić information content (AvgIpc) is 3.14. The first kappa shape index (κ1) is 17.7. The number of para-hydroxylation sites is 1. The molecule has 2 aliphatic carbocycles. The van der Waals surface area contributed by atoms with Crippen molar-refractivity contribution in [2.75, 3.05) is 12.3 Å². The standard InChI is InChI=1S/C20H26N2O3S/c1-19(2)15-7-9-20(19,18(23)11-15)13-26(24,25)22-10-8-14-12-21-17-6-4-3-5-16(14)17/h3-6,12,15,21-22H,7-11,13H2,1-2H3/t15-,20?/m0/s1. The number of Topliss-reactive ketones (excluding diaryl/α,β-unsaturated/α-hetero) is 1. The molecule has 0 spiro atoms. The summed E-state index contributed by atoms with van der Waals surface area (Å²) in [6, 6.07) is 7.99. The van der Waals surface area contributed by atoms with Crippen molar-refractivity contribution < 1.29 is 13.2 Å². The number of aromatic amines is 1. The van der Waals surface area contributed by atoms with Gasteiger partial charge in [-0.2, -0.15) is 0 Å². The van der Waals surface area contributed by atoms with Crippen LogP contribution in [0.1, 0.15) is 38.7 Å². The van der Waals surface area contributed by atoms with Gasteiger partial charge in [0.15, 0.2) is 0 Å². The van der Waals surface area contributed by atoms with Crippen molar-refractivity contribution in [2.24, 2.45) is 16.7 Å². The van der Waals surface area contributed by atoms with Gasteiger partial charge in [0.1, 0.15) is 5.78 Å². The van der Waals surface area contributed by atoms with Crippen LogP contribution in [-0.4, -0.2) is 31.5 Å². The molecule has 1 aromatic carbocycles. The summed E-state index contributed by atoms with van der Waals surface area (Å²) in [7, 11) is -3.50. The molecule has 0 radical (unpaired) electrons. The summed E-state index contributed by atoms with van der Waals surface area (Å²) >= 11 is 0. The van der Waals surface area contributed by atoms with Crippen LogP contribution in [0, 0.1) is 16.7 Å². The fourth-order valence-corrected chi connectivity index (χ4v) is 7.00. The Hall–Kier alpha value is -1.66. The number of H-pyrrole nitrogens is 1. The highest BCUT2D eigenvalue weighted by Gasteiger charge is 2.65. The van der Waals surface area contributed by atoms with E-state index < -0.39 is 15.4 Å². The molecular weight excluding hydrogens is 348 g/mol. The van der Waals surface area contributed by atoms with Crippen molar-refractivity contribution in [3.63, 3.8) is 0 Å². The number of aromatic nitrogens is 1. The van der Waals surface area contributed by atoms with E-state index in [-0.39, 0.29) is 17.0 Å². The number of ketones is 1. The van der Waals surface area contributed by atoms with Gasteiger partial charge in [0, 0.05) is 35.5 Å². The molecule has 5 nitrogen and oxygen atoms in total. The Morgan fingerprint density at radius 2 is 2.04 bits per heavy atom. The zero-order valence-electron chi connectivity index (χ0n) is 15.3. The predicted octanol–water partition coefficient (Wildman–Crippen LogP) is 3.03. The summed E-state index contributed by atoms with van der Waals surface area (Å²) in [6.45, 7) is 4.48. The molecule has 2 saturated carbocycles. The summed E-state index contributed by atoms with van der Waals surface area (Å²) in [5.41, 5.74) is 1.22. The molecule has 1 aromatic heterocycles. The highest BCUT2D eigenvalue weighted by atomic mass is 32.2. The van der Waals surface area contributed by atoms with Gasteiger partial charge in [-0.25, -0.2) is 13.1 Å². The van der Waals surface area contributed by atoms with Crippen molar-refractivity contribution in [3.05, 3.63) is 36.0 Å². The molecule has 2 fully saturated rings. The van der Waals surface area contributed by atoms with Crippen LogP contribution in [0.5, 0.6) is 0 Å². The number of benzene rings is 1. The number of carbonyl (C=O) groups is 1. The topological polar surface area (TPSA) is 79.0 Å². The van der Waals surface area contributed by atoms with Crippen LogP contribution >= 0.6 is 0 Å². The van der Waals surface area contributed by atoms with Crippen molar-refractivity contribution >= 4 is 26.7 Å². The Kier molecular flexibility index (Phi) is 4.04. The Morgan fingerprint density at radius 3 is 2.73 bits per heavy atom. The van der Waals surface area contributed by atoms with E-state index >= 15 is 0 Å². The van der Waals surface area contributed by atoms with Crippen LogP contribution < -0.4 is 4.72 Å². The number of rotatable bonds is 6. The second-order valence-electron chi connectivity index (χ2n) is 8.43. The number of nitrogens with one attached hydrogen (secondary N) is 2. The third-order valence-corrected chi connectivity index (χ3v) is 8.48. The van der Waals surface area contributed by atoms with Crippen LogP contribution in [-0.2, 0) is 21.2 Å². The van der Waals surface area contributed by atoms with E-state index in [1.165, 1.54) is 0 Å². The second kappa shape index (κ2) is 5.92. The largest absolute Gasteiger partial charge is 0.361 e. The zero-order valence-corrected chi connectivity index (χ0v) is 16.2. The molecule has 2 aliphatic rings. The Bertz CT molecular complexity index is 960. The first-order valence-corrected chi connectivity index (χ1v) is 11.0. The van der Waals surface area contributed by atoms with E-state index in [0.29, 0.717) is 31.7 Å². The molecule has 0 amide bonds. The van der Waals surface area contributed by atoms with Gasteiger partial charge in [-0.3, -0.25) is 4.79 Å². The van der Waals surface area contributed by atoms with Gasteiger partial charge in [-0.1, -0.05) is 32.0 Å². The molecular formula is C20H26N2O3S. The fourth-order valence-electron chi connectivity index (χ4n) is 5.16.